The molecule has 0 spiro atoms. The topological polar surface area (TPSA) is 72.2 Å². The summed E-state index contributed by atoms with van der Waals surface area (Å²) in [4.78, 5) is 0.0576. The van der Waals surface area contributed by atoms with E-state index in [2.05, 4.69) is 4.72 Å². The molecule has 100 valence electrons. The van der Waals surface area contributed by atoms with Crippen LogP contribution < -0.4 is 10.5 Å². The van der Waals surface area contributed by atoms with Crippen LogP contribution in [0, 0.1) is 5.92 Å². The lowest BCUT2D eigenvalue weighted by atomic mass is 10.1. The third-order valence-electron chi connectivity index (χ3n) is 3.28. The van der Waals surface area contributed by atoms with E-state index in [1.807, 2.05) is 0 Å². The number of anilines is 1. The lowest BCUT2D eigenvalue weighted by Gasteiger charge is -2.12. The highest BCUT2D eigenvalue weighted by atomic mass is 35.5. The molecule has 2 rings (SSSR count). The van der Waals surface area contributed by atoms with Gasteiger partial charge in [0, 0.05) is 12.2 Å². The van der Waals surface area contributed by atoms with Crippen LogP contribution >= 0.6 is 11.6 Å². The average molecular weight is 289 g/mol. The number of rotatable bonds is 4. The van der Waals surface area contributed by atoms with Crippen LogP contribution in [0.5, 0.6) is 0 Å². The van der Waals surface area contributed by atoms with E-state index >= 15 is 0 Å². The molecule has 6 heteroatoms. The van der Waals surface area contributed by atoms with Crippen molar-refractivity contribution in [1.82, 2.24) is 4.72 Å². The number of hydrogen-bond donors (Lipinski definition) is 2. The summed E-state index contributed by atoms with van der Waals surface area (Å²) in [5, 5.41) is 0.197. The number of halogens is 1. The number of nitrogens with one attached hydrogen (secondary N) is 1. The second-order valence-electron chi connectivity index (χ2n) is 4.69. The molecule has 1 saturated carbocycles. The van der Waals surface area contributed by atoms with Gasteiger partial charge >= 0.3 is 0 Å². The van der Waals surface area contributed by atoms with Gasteiger partial charge in [0.2, 0.25) is 10.0 Å². The Morgan fingerprint density at radius 3 is 2.67 bits per heavy atom. The summed E-state index contributed by atoms with van der Waals surface area (Å²) in [6.07, 6.45) is 4.55. The minimum absolute atomic E-state index is 0.0576. The van der Waals surface area contributed by atoms with Gasteiger partial charge in [-0.15, -0.1) is 0 Å². The molecule has 0 aromatic heterocycles. The predicted octanol–water partition coefficient (Wildman–Crippen LogP) is 2.39. The molecule has 1 aromatic rings. The SMILES string of the molecule is Nc1ccc(Cl)c(S(=O)(=O)NCC2CCCC2)c1. The molecule has 0 aliphatic heterocycles. The third-order valence-corrected chi connectivity index (χ3v) is 5.19. The molecule has 0 saturated heterocycles. The number of sulfonamides is 1. The van der Waals surface area contributed by atoms with Gasteiger partial charge in [-0.1, -0.05) is 24.4 Å². The molecule has 18 heavy (non-hydrogen) atoms. The fourth-order valence-electron chi connectivity index (χ4n) is 2.25. The fourth-order valence-corrected chi connectivity index (χ4v) is 3.89. The first kappa shape index (κ1) is 13.6. The lowest BCUT2D eigenvalue weighted by molar-refractivity contribution is 0.519. The van der Waals surface area contributed by atoms with Crippen molar-refractivity contribution >= 4 is 27.3 Å². The van der Waals surface area contributed by atoms with E-state index in [0.717, 1.165) is 12.8 Å². The van der Waals surface area contributed by atoms with Gasteiger partial charge in [-0.25, -0.2) is 13.1 Å². The number of nitrogens with two attached hydrogens (primary N) is 1. The molecule has 0 atom stereocenters. The van der Waals surface area contributed by atoms with Gasteiger partial charge in [0.05, 0.1) is 5.02 Å². The third kappa shape index (κ3) is 3.16. The average Bonchev–Trinajstić information content (AvgIpc) is 2.83. The van der Waals surface area contributed by atoms with Crippen LogP contribution in [0.4, 0.5) is 5.69 Å². The Kier molecular flexibility index (Phi) is 4.14. The monoisotopic (exact) mass is 288 g/mol. The first-order valence-electron chi connectivity index (χ1n) is 6.04. The van der Waals surface area contributed by atoms with E-state index in [0.29, 0.717) is 18.2 Å². The molecule has 1 aromatic carbocycles. The van der Waals surface area contributed by atoms with Gasteiger partial charge in [-0.2, -0.15) is 0 Å². The summed E-state index contributed by atoms with van der Waals surface area (Å²) >= 11 is 5.90. The van der Waals surface area contributed by atoms with Crippen molar-refractivity contribution in [2.45, 2.75) is 30.6 Å². The van der Waals surface area contributed by atoms with E-state index in [1.165, 1.54) is 25.0 Å². The van der Waals surface area contributed by atoms with E-state index in [1.54, 1.807) is 6.07 Å². The highest BCUT2D eigenvalue weighted by molar-refractivity contribution is 7.89. The summed E-state index contributed by atoms with van der Waals surface area (Å²) in [6, 6.07) is 4.47. The number of nitrogen functional groups attached to an aromatic ring is 1. The molecule has 1 aliphatic rings. The quantitative estimate of drug-likeness (QED) is 0.836. The van der Waals surface area contributed by atoms with Crippen molar-refractivity contribution in [2.24, 2.45) is 5.92 Å². The zero-order valence-corrected chi connectivity index (χ0v) is 11.6. The fraction of sp³-hybridized carbons (Fsp3) is 0.500. The molecule has 0 bridgehead atoms. The van der Waals surface area contributed by atoms with E-state index in [9.17, 15) is 8.42 Å². The van der Waals surface area contributed by atoms with Gasteiger partial charge in [-0.3, -0.25) is 0 Å². The molecule has 0 amide bonds. The Hall–Kier alpha value is -0.780. The van der Waals surface area contributed by atoms with Crippen molar-refractivity contribution in [3.63, 3.8) is 0 Å². The minimum atomic E-state index is -3.56. The largest absolute Gasteiger partial charge is 0.399 e. The standard InChI is InChI=1S/C12H17ClN2O2S/c13-11-6-5-10(14)7-12(11)18(16,17)15-8-9-3-1-2-4-9/h5-7,9,15H,1-4,8,14H2. The molecule has 1 fully saturated rings. The van der Waals surface area contributed by atoms with Gasteiger partial charge in [0.1, 0.15) is 4.90 Å². The second-order valence-corrected chi connectivity index (χ2v) is 6.83. The summed E-state index contributed by atoms with van der Waals surface area (Å²) in [5.74, 6) is 0.444. The van der Waals surface area contributed by atoms with Crippen molar-refractivity contribution in [3.05, 3.63) is 23.2 Å². The van der Waals surface area contributed by atoms with Crippen LogP contribution in [0.3, 0.4) is 0 Å². The molecule has 0 heterocycles. The summed E-state index contributed by atoms with van der Waals surface area (Å²) in [6.45, 7) is 0.480. The Balaban J connectivity index is 2.12. The van der Waals surface area contributed by atoms with Crippen LogP contribution in [0.2, 0.25) is 5.02 Å². The Bertz CT molecular complexity index is 525. The number of hydrogen-bond acceptors (Lipinski definition) is 3. The molecule has 0 unspecified atom stereocenters. The van der Waals surface area contributed by atoms with E-state index in [4.69, 9.17) is 17.3 Å². The lowest BCUT2D eigenvalue weighted by Crippen LogP contribution is -2.28. The maximum Gasteiger partial charge on any atom is 0.242 e. The zero-order chi connectivity index (χ0) is 13.2. The molecular formula is C12H17ClN2O2S. The van der Waals surface area contributed by atoms with E-state index < -0.39 is 10.0 Å². The minimum Gasteiger partial charge on any atom is -0.399 e. The van der Waals surface area contributed by atoms with Gasteiger partial charge in [-0.05, 0) is 37.0 Å². The van der Waals surface area contributed by atoms with Crippen LogP contribution in [0.1, 0.15) is 25.7 Å². The van der Waals surface area contributed by atoms with Crippen molar-refractivity contribution in [2.75, 3.05) is 12.3 Å². The van der Waals surface area contributed by atoms with Crippen molar-refractivity contribution < 1.29 is 8.42 Å². The van der Waals surface area contributed by atoms with Crippen LogP contribution in [-0.4, -0.2) is 15.0 Å². The zero-order valence-electron chi connectivity index (χ0n) is 10.0. The van der Waals surface area contributed by atoms with Crippen molar-refractivity contribution in [3.8, 4) is 0 Å². The Labute approximate surface area is 113 Å². The van der Waals surface area contributed by atoms with Crippen molar-refractivity contribution in [1.29, 1.82) is 0 Å². The van der Waals surface area contributed by atoms with E-state index in [-0.39, 0.29) is 9.92 Å². The molecule has 0 radical (unpaired) electrons. The van der Waals surface area contributed by atoms with Gasteiger partial charge in [0.25, 0.3) is 0 Å². The molecule has 3 N–H and O–H groups in total. The van der Waals surface area contributed by atoms with Gasteiger partial charge < -0.3 is 5.73 Å². The highest BCUT2D eigenvalue weighted by Gasteiger charge is 2.21. The highest BCUT2D eigenvalue weighted by Crippen LogP contribution is 2.26. The van der Waals surface area contributed by atoms with Crippen LogP contribution in [-0.2, 0) is 10.0 Å². The summed E-state index contributed by atoms with van der Waals surface area (Å²) in [5.41, 5.74) is 5.98. The van der Waals surface area contributed by atoms with Crippen LogP contribution in [0.25, 0.3) is 0 Å². The summed E-state index contributed by atoms with van der Waals surface area (Å²) < 4.78 is 26.8. The first-order valence-corrected chi connectivity index (χ1v) is 7.90. The molecule has 4 nitrogen and oxygen atoms in total. The molecular weight excluding hydrogens is 272 g/mol. The smallest absolute Gasteiger partial charge is 0.242 e. The molecule has 1 aliphatic carbocycles. The van der Waals surface area contributed by atoms with Gasteiger partial charge in [0.15, 0.2) is 0 Å². The maximum atomic E-state index is 12.1. The van der Waals surface area contributed by atoms with Crippen LogP contribution in [0.15, 0.2) is 23.1 Å². The normalized spacial score (nSPS) is 17.2. The second kappa shape index (κ2) is 5.47. The first-order chi connectivity index (χ1) is 8.49. The number of benzene rings is 1. The predicted molar refractivity (Wildman–Crippen MR) is 73.0 cm³/mol. The summed E-state index contributed by atoms with van der Waals surface area (Å²) in [7, 11) is -3.56. The Morgan fingerprint density at radius 1 is 1.33 bits per heavy atom. The Morgan fingerprint density at radius 2 is 2.00 bits per heavy atom. The maximum absolute atomic E-state index is 12.1.